The zero-order valence-corrected chi connectivity index (χ0v) is 35.6. The van der Waals surface area contributed by atoms with E-state index in [-0.39, 0.29) is 0 Å². The molecular weight excluding hydrogens is 789 g/mol. The summed E-state index contributed by atoms with van der Waals surface area (Å²) in [6, 6.07) is 91.1. The normalized spacial score (nSPS) is 11.5. The molecule has 0 bridgehead atoms. The van der Waals surface area contributed by atoms with Crippen molar-refractivity contribution in [2.75, 3.05) is 9.80 Å². The highest BCUT2D eigenvalue weighted by atomic mass is 16.5. The van der Waals surface area contributed by atoms with Crippen molar-refractivity contribution in [1.82, 2.24) is 0 Å². The SMILES string of the molecule is c1ccc(-c2ccc(N(c3ccc(-c4ccccc4)cc3)c3ccc4c(c3)Oc3c(N(c5ccc(-c6ccccc6)cc5)c5ccc6ccccc6c5)ccc5cccc-4c35)cc2)cc1. The Balaban J connectivity index is 0.997. The molecule has 1 heterocycles. The van der Waals surface area contributed by atoms with E-state index in [2.05, 4.69) is 265 Å². The lowest BCUT2D eigenvalue weighted by molar-refractivity contribution is 0.488. The lowest BCUT2D eigenvalue weighted by Gasteiger charge is -2.32. The standard InChI is InChI=1S/C62H42N2O/c1-4-13-43(14-5-1)47-23-31-52(32-24-47)63(53-33-25-48(26-34-53)44-15-6-2-7-16-44)56-38-39-57-58-22-12-21-50-30-40-59(62(61(50)58)65-60(57)42-56)64(55-37-29-46-19-10-11-20-51(46)41-55)54-35-27-49(28-36-54)45-17-8-3-9-18-45/h1-42H. The molecule has 3 heteroatoms. The van der Waals surface area contributed by atoms with Crippen LogP contribution in [-0.2, 0) is 0 Å². The summed E-state index contributed by atoms with van der Waals surface area (Å²) in [7, 11) is 0. The second-order valence-electron chi connectivity index (χ2n) is 16.5. The van der Waals surface area contributed by atoms with Crippen LogP contribution in [0.1, 0.15) is 0 Å². The van der Waals surface area contributed by atoms with E-state index in [1.165, 1.54) is 44.2 Å². The van der Waals surface area contributed by atoms with E-state index in [4.69, 9.17) is 4.74 Å². The third-order valence-electron chi connectivity index (χ3n) is 12.6. The molecule has 0 saturated heterocycles. The summed E-state index contributed by atoms with van der Waals surface area (Å²) in [6.45, 7) is 0. The molecule has 1 aliphatic heterocycles. The number of rotatable bonds is 9. The van der Waals surface area contributed by atoms with Crippen LogP contribution in [0.25, 0.3) is 66.1 Å². The first-order chi connectivity index (χ1) is 32.2. The van der Waals surface area contributed by atoms with Crippen LogP contribution in [0, 0.1) is 0 Å². The molecule has 65 heavy (non-hydrogen) atoms. The van der Waals surface area contributed by atoms with Gasteiger partial charge in [-0.25, -0.2) is 0 Å². The highest BCUT2D eigenvalue weighted by Crippen LogP contribution is 2.54. The minimum Gasteiger partial charge on any atom is -0.454 e. The molecule has 306 valence electrons. The largest absolute Gasteiger partial charge is 0.454 e. The molecule has 12 rings (SSSR count). The second-order valence-corrected chi connectivity index (χ2v) is 16.5. The topological polar surface area (TPSA) is 15.7 Å². The number of benzene rings is 11. The van der Waals surface area contributed by atoms with Crippen molar-refractivity contribution in [2.45, 2.75) is 0 Å². The lowest BCUT2D eigenvalue weighted by atomic mass is 9.93. The molecule has 0 spiro atoms. The van der Waals surface area contributed by atoms with Crippen molar-refractivity contribution in [2.24, 2.45) is 0 Å². The second kappa shape index (κ2) is 16.2. The molecule has 0 aromatic heterocycles. The van der Waals surface area contributed by atoms with Gasteiger partial charge < -0.3 is 14.5 Å². The zero-order valence-electron chi connectivity index (χ0n) is 35.6. The Morgan fingerprint density at radius 3 is 1.26 bits per heavy atom. The van der Waals surface area contributed by atoms with E-state index in [0.29, 0.717) is 0 Å². The molecule has 0 saturated carbocycles. The zero-order chi connectivity index (χ0) is 43.1. The molecule has 0 fully saturated rings. The molecule has 1 aliphatic rings. The Hall–Kier alpha value is -8.66. The van der Waals surface area contributed by atoms with Gasteiger partial charge in [-0.1, -0.05) is 182 Å². The number of fused-ring (bicyclic) bond motifs is 3. The van der Waals surface area contributed by atoms with Crippen LogP contribution >= 0.6 is 0 Å². The molecular formula is C62H42N2O. The van der Waals surface area contributed by atoms with Crippen LogP contribution in [0.15, 0.2) is 255 Å². The van der Waals surface area contributed by atoms with Gasteiger partial charge in [-0.15, -0.1) is 0 Å². The highest BCUT2D eigenvalue weighted by molar-refractivity contribution is 6.08. The smallest absolute Gasteiger partial charge is 0.159 e. The number of nitrogens with zero attached hydrogens (tertiary/aromatic N) is 2. The Labute approximate surface area is 379 Å². The average Bonchev–Trinajstić information content (AvgIpc) is 3.38. The summed E-state index contributed by atoms with van der Waals surface area (Å²) in [5.74, 6) is 1.63. The number of ether oxygens (including phenoxy) is 1. The van der Waals surface area contributed by atoms with Gasteiger partial charge in [-0.3, -0.25) is 0 Å². The van der Waals surface area contributed by atoms with E-state index >= 15 is 0 Å². The van der Waals surface area contributed by atoms with Gasteiger partial charge in [0.2, 0.25) is 0 Å². The third kappa shape index (κ3) is 7.06. The van der Waals surface area contributed by atoms with Crippen LogP contribution in [0.5, 0.6) is 11.5 Å². The monoisotopic (exact) mass is 830 g/mol. The predicted octanol–water partition coefficient (Wildman–Crippen LogP) is 17.7. The quantitative estimate of drug-likeness (QED) is 0.144. The Bertz CT molecular complexity index is 3390. The van der Waals surface area contributed by atoms with Gasteiger partial charge in [0.15, 0.2) is 5.75 Å². The minimum absolute atomic E-state index is 0.805. The Morgan fingerprint density at radius 1 is 0.262 bits per heavy atom. The van der Waals surface area contributed by atoms with E-state index in [0.717, 1.165) is 67.5 Å². The maximum absolute atomic E-state index is 7.33. The van der Waals surface area contributed by atoms with Gasteiger partial charge in [0.05, 0.1) is 5.69 Å². The fourth-order valence-electron chi connectivity index (χ4n) is 9.40. The molecule has 0 N–H and O–H groups in total. The molecule has 11 aromatic rings. The minimum atomic E-state index is 0.805. The molecule has 0 amide bonds. The van der Waals surface area contributed by atoms with Crippen LogP contribution in [0.4, 0.5) is 34.1 Å². The Morgan fingerprint density at radius 2 is 0.692 bits per heavy atom. The summed E-state index contributed by atoms with van der Waals surface area (Å²) in [4.78, 5) is 4.67. The van der Waals surface area contributed by atoms with Crippen molar-refractivity contribution in [3.8, 4) is 56.0 Å². The molecule has 0 aliphatic carbocycles. The molecule has 0 atom stereocenters. The summed E-state index contributed by atoms with van der Waals surface area (Å²) < 4.78 is 7.33. The molecule has 0 unspecified atom stereocenters. The first kappa shape index (κ1) is 38.0. The first-order valence-electron chi connectivity index (χ1n) is 22.2. The van der Waals surface area contributed by atoms with Gasteiger partial charge >= 0.3 is 0 Å². The first-order valence-corrected chi connectivity index (χ1v) is 22.2. The summed E-state index contributed by atoms with van der Waals surface area (Å²) in [5.41, 5.74) is 15.5. The number of anilines is 6. The van der Waals surface area contributed by atoms with Gasteiger partial charge in [-0.05, 0) is 122 Å². The molecule has 11 aromatic carbocycles. The average molecular weight is 831 g/mol. The van der Waals surface area contributed by atoms with E-state index in [1.807, 2.05) is 0 Å². The third-order valence-corrected chi connectivity index (χ3v) is 12.6. The van der Waals surface area contributed by atoms with E-state index in [9.17, 15) is 0 Å². The maximum atomic E-state index is 7.33. The van der Waals surface area contributed by atoms with Gasteiger partial charge in [0, 0.05) is 45.5 Å². The van der Waals surface area contributed by atoms with Crippen LogP contribution < -0.4 is 14.5 Å². The van der Waals surface area contributed by atoms with Gasteiger partial charge in [0.25, 0.3) is 0 Å². The van der Waals surface area contributed by atoms with Crippen molar-refractivity contribution < 1.29 is 4.74 Å². The van der Waals surface area contributed by atoms with Gasteiger partial charge in [-0.2, -0.15) is 0 Å². The lowest BCUT2D eigenvalue weighted by Crippen LogP contribution is -2.13. The molecule has 0 radical (unpaired) electrons. The fraction of sp³-hybridized carbons (Fsp3) is 0. The van der Waals surface area contributed by atoms with Crippen LogP contribution in [0.3, 0.4) is 0 Å². The summed E-state index contributed by atoms with van der Waals surface area (Å²) in [5, 5.41) is 4.61. The highest BCUT2D eigenvalue weighted by Gasteiger charge is 2.28. The van der Waals surface area contributed by atoms with Crippen molar-refractivity contribution >= 4 is 55.7 Å². The Kier molecular flexibility index (Phi) is 9.50. The maximum Gasteiger partial charge on any atom is 0.159 e. The summed E-state index contributed by atoms with van der Waals surface area (Å²) in [6.07, 6.45) is 0. The van der Waals surface area contributed by atoms with Crippen molar-refractivity contribution in [3.63, 3.8) is 0 Å². The van der Waals surface area contributed by atoms with Crippen LogP contribution in [-0.4, -0.2) is 0 Å². The predicted molar refractivity (Wildman–Crippen MR) is 273 cm³/mol. The van der Waals surface area contributed by atoms with Crippen molar-refractivity contribution in [3.05, 3.63) is 255 Å². The van der Waals surface area contributed by atoms with E-state index < -0.39 is 0 Å². The van der Waals surface area contributed by atoms with Crippen LogP contribution in [0.2, 0.25) is 0 Å². The van der Waals surface area contributed by atoms with Gasteiger partial charge in [0.1, 0.15) is 5.75 Å². The van der Waals surface area contributed by atoms with E-state index in [1.54, 1.807) is 0 Å². The summed E-state index contributed by atoms with van der Waals surface area (Å²) >= 11 is 0. The number of hydrogen-bond donors (Lipinski definition) is 0. The molecule has 3 nitrogen and oxygen atoms in total. The van der Waals surface area contributed by atoms with Crippen molar-refractivity contribution in [1.29, 1.82) is 0 Å². The fourth-order valence-corrected chi connectivity index (χ4v) is 9.40. The number of hydrogen-bond acceptors (Lipinski definition) is 3.